The normalized spacial score (nSPS) is 19.5. The zero-order valence-electron chi connectivity index (χ0n) is 15.0. The summed E-state index contributed by atoms with van der Waals surface area (Å²) in [5.41, 5.74) is 1.77. The Morgan fingerprint density at radius 1 is 1.12 bits per heavy atom. The molecule has 0 spiro atoms. The van der Waals surface area contributed by atoms with Crippen molar-refractivity contribution in [2.24, 2.45) is 0 Å². The number of nitrogens with one attached hydrogen (secondary N) is 1. The standard InChI is InChI=1S/C21H23NO3/c1-13-5-10-17-16(11-13)21(25,19(24)22-17)12-18(23)14-6-8-15(9-7-14)20(2,3)4/h5-11,25H,12H2,1-4H3,(H,22,24)/t21-/m0/s1. The summed E-state index contributed by atoms with van der Waals surface area (Å²) in [6.07, 6.45) is -0.274. The van der Waals surface area contributed by atoms with Crippen LogP contribution in [0.5, 0.6) is 0 Å². The van der Waals surface area contributed by atoms with Crippen LogP contribution in [0.15, 0.2) is 42.5 Å². The molecule has 1 atom stereocenters. The molecule has 0 radical (unpaired) electrons. The van der Waals surface area contributed by atoms with Gasteiger partial charge in [0.1, 0.15) is 0 Å². The van der Waals surface area contributed by atoms with E-state index in [1.165, 1.54) is 0 Å². The maximum absolute atomic E-state index is 12.7. The molecule has 0 fully saturated rings. The number of rotatable bonds is 3. The third-order valence-electron chi connectivity index (χ3n) is 4.73. The highest BCUT2D eigenvalue weighted by molar-refractivity contribution is 6.09. The third kappa shape index (κ3) is 3.10. The van der Waals surface area contributed by atoms with E-state index >= 15 is 0 Å². The summed E-state index contributed by atoms with van der Waals surface area (Å²) in [5.74, 6) is -0.805. The molecule has 4 heteroatoms. The predicted octanol–water partition coefficient (Wildman–Crippen LogP) is 3.71. The first-order chi connectivity index (χ1) is 11.6. The molecule has 0 aliphatic carbocycles. The molecule has 0 saturated carbocycles. The van der Waals surface area contributed by atoms with Gasteiger partial charge in [0.25, 0.3) is 5.91 Å². The lowest BCUT2D eigenvalue weighted by molar-refractivity contribution is -0.133. The number of aryl methyl sites for hydroxylation is 1. The average Bonchev–Trinajstić information content (AvgIpc) is 2.78. The zero-order valence-corrected chi connectivity index (χ0v) is 15.0. The average molecular weight is 337 g/mol. The van der Waals surface area contributed by atoms with Crippen molar-refractivity contribution < 1.29 is 14.7 Å². The molecule has 2 N–H and O–H groups in total. The van der Waals surface area contributed by atoms with Crippen LogP contribution in [0.25, 0.3) is 0 Å². The number of amides is 1. The number of carbonyl (C=O) groups excluding carboxylic acids is 2. The van der Waals surface area contributed by atoms with Gasteiger partial charge in [0.2, 0.25) is 0 Å². The quantitative estimate of drug-likeness (QED) is 0.839. The van der Waals surface area contributed by atoms with Gasteiger partial charge in [-0.2, -0.15) is 0 Å². The zero-order chi connectivity index (χ0) is 18.4. The van der Waals surface area contributed by atoms with Gasteiger partial charge < -0.3 is 10.4 Å². The van der Waals surface area contributed by atoms with Crippen LogP contribution in [0.2, 0.25) is 0 Å². The number of anilines is 1. The van der Waals surface area contributed by atoms with E-state index < -0.39 is 11.5 Å². The molecule has 130 valence electrons. The van der Waals surface area contributed by atoms with Crippen LogP contribution >= 0.6 is 0 Å². The highest BCUT2D eigenvalue weighted by Gasteiger charge is 2.46. The van der Waals surface area contributed by atoms with E-state index in [0.717, 1.165) is 11.1 Å². The fourth-order valence-corrected chi connectivity index (χ4v) is 3.12. The summed E-state index contributed by atoms with van der Waals surface area (Å²) in [6.45, 7) is 8.20. The molecule has 1 aliphatic rings. The fourth-order valence-electron chi connectivity index (χ4n) is 3.12. The van der Waals surface area contributed by atoms with E-state index in [-0.39, 0.29) is 17.6 Å². The van der Waals surface area contributed by atoms with Gasteiger partial charge in [-0.15, -0.1) is 0 Å². The van der Waals surface area contributed by atoms with Crippen LogP contribution in [0.4, 0.5) is 5.69 Å². The lowest BCUT2D eigenvalue weighted by Gasteiger charge is -2.21. The monoisotopic (exact) mass is 337 g/mol. The summed E-state index contributed by atoms with van der Waals surface area (Å²) in [5, 5.41) is 13.6. The lowest BCUT2D eigenvalue weighted by atomic mass is 9.84. The lowest BCUT2D eigenvalue weighted by Crippen LogP contribution is -2.36. The number of carbonyl (C=O) groups is 2. The second kappa shape index (κ2) is 5.81. The molecule has 2 aromatic carbocycles. The van der Waals surface area contributed by atoms with Crippen LogP contribution in [-0.2, 0) is 15.8 Å². The van der Waals surface area contributed by atoms with E-state index in [0.29, 0.717) is 16.8 Å². The number of ketones is 1. The third-order valence-corrected chi connectivity index (χ3v) is 4.73. The molecule has 1 amide bonds. The van der Waals surface area contributed by atoms with Gasteiger partial charge in [-0.3, -0.25) is 9.59 Å². The van der Waals surface area contributed by atoms with Crippen molar-refractivity contribution in [3.8, 4) is 0 Å². The number of benzene rings is 2. The molecule has 0 aromatic heterocycles. The Balaban J connectivity index is 1.88. The Labute approximate surface area is 147 Å². The smallest absolute Gasteiger partial charge is 0.261 e. The predicted molar refractivity (Wildman–Crippen MR) is 97.8 cm³/mol. The molecule has 25 heavy (non-hydrogen) atoms. The van der Waals surface area contributed by atoms with E-state index in [2.05, 4.69) is 26.1 Å². The Bertz CT molecular complexity index is 846. The molecular formula is C21H23NO3. The molecule has 4 nitrogen and oxygen atoms in total. The van der Waals surface area contributed by atoms with Gasteiger partial charge in [0.15, 0.2) is 11.4 Å². The second-order valence-electron chi connectivity index (χ2n) is 7.79. The SMILES string of the molecule is Cc1ccc2c(c1)[C@@](O)(CC(=O)c1ccc(C(C)(C)C)cc1)C(=O)N2. The molecule has 1 heterocycles. The van der Waals surface area contributed by atoms with E-state index in [1.54, 1.807) is 24.3 Å². The summed E-state index contributed by atoms with van der Waals surface area (Å²) in [6, 6.07) is 12.7. The van der Waals surface area contributed by atoms with E-state index in [4.69, 9.17) is 0 Å². The minimum Gasteiger partial charge on any atom is -0.375 e. The highest BCUT2D eigenvalue weighted by Crippen LogP contribution is 2.39. The molecular weight excluding hydrogens is 314 g/mol. The first-order valence-corrected chi connectivity index (χ1v) is 8.40. The van der Waals surface area contributed by atoms with Crippen LogP contribution in [0, 0.1) is 6.92 Å². The van der Waals surface area contributed by atoms with Gasteiger partial charge in [0.05, 0.1) is 6.42 Å². The number of Topliss-reactive ketones (excluding diaryl/α,β-unsaturated/α-hetero) is 1. The van der Waals surface area contributed by atoms with Crippen molar-refractivity contribution >= 4 is 17.4 Å². The van der Waals surface area contributed by atoms with E-state index in [1.807, 2.05) is 25.1 Å². The Morgan fingerprint density at radius 2 is 1.76 bits per heavy atom. The van der Waals surface area contributed by atoms with Crippen LogP contribution in [-0.4, -0.2) is 16.8 Å². The number of fused-ring (bicyclic) bond motifs is 1. The van der Waals surface area contributed by atoms with Crippen molar-refractivity contribution in [2.75, 3.05) is 5.32 Å². The van der Waals surface area contributed by atoms with Crippen molar-refractivity contribution in [3.63, 3.8) is 0 Å². The van der Waals surface area contributed by atoms with Crippen molar-refractivity contribution in [2.45, 2.75) is 45.1 Å². The number of aliphatic hydroxyl groups is 1. The topological polar surface area (TPSA) is 66.4 Å². The first kappa shape index (κ1) is 17.4. The largest absolute Gasteiger partial charge is 0.375 e. The summed E-state index contributed by atoms with van der Waals surface area (Å²) < 4.78 is 0. The van der Waals surface area contributed by atoms with Crippen LogP contribution < -0.4 is 5.32 Å². The molecule has 0 unspecified atom stereocenters. The van der Waals surface area contributed by atoms with Crippen molar-refractivity contribution in [3.05, 3.63) is 64.7 Å². The van der Waals surface area contributed by atoms with Gasteiger partial charge in [-0.05, 0) is 24.0 Å². The van der Waals surface area contributed by atoms with Gasteiger partial charge in [-0.25, -0.2) is 0 Å². The van der Waals surface area contributed by atoms with Crippen molar-refractivity contribution in [1.82, 2.24) is 0 Å². The summed E-state index contributed by atoms with van der Waals surface area (Å²) in [4.78, 5) is 25.0. The molecule has 3 rings (SSSR count). The van der Waals surface area contributed by atoms with Gasteiger partial charge in [-0.1, -0.05) is 62.7 Å². The molecule has 0 bridgehead atoms. The molecule has 1 aliphatic heterocycles. The van der Waals surface area contributed by atoms with Gasteiger partial charge in [0, 0.05) is 16.8 Å². The summed E-state index contributed by atoms with van der Waals surface area (Å²) in [7, 11) is 0. The first-order valence-electron chi connectivity index (χ1n) is 8.40. The minimum atomic E-state index is -1.82. The Morgan fingerprint density at radius 3 is 2.36 bits per heavy atom. The molecule has 0 saturated heterocycles. The minimum absolute atomic E-state index is 0.00157. The number of hydrogen-bond donors (Lipinski definition) is 2. The Kier molecular flexibility index (Phi) is 4.04. The number of hydrogen-bond acceptors (Lipinski definition) is 3. The summed E-state index contributed by atoms with van der Waals surface area (Å²) >= 11 is 0. The van der Waals surface area contributed by atoms with Gasteiger partial charge >= 0.3 is 0 Å². The van der Waals surface area contributed by atoms with Crippen LogP contribution in [0.1, 0.15) is 54.2 Å². The fraction of sp³-hybridized carbons (Fsp3) is 0.333. The Hall–Kier alpha value is -2.46. The van der Waals surface area contributed by atoms with Crippen LogP contribution in [0.3, 0.4) is 0 Å². The van der Waals surface area contributed by atoms with Crippen molar-refractivity contribution in [1.29, 1.82) is 0 Å². The van der Waals surface area contributed by atoms with E-state index in [9.17, 15) is 14.7 Å². The second-order valence-corrected chi connectivity index (χ2v) is 7.79. The highest BCUT2D eigenvalue weighted by atomic mass is 16.3. The maximum Gasteiger partial charge on any atom is 0.261 e. The molecule has 2 aromatic rings. The maximum atomic E-state index is 12.7.